The first kappa shape index (κ1) is 14.5. The summed E-state index contributed by atoms with van der Waals surface area (Å²) < 4.78 is 27.0. The largest absolute Gasteiger partial charge is 0.345 e. The molecule has 2 aromatic rings. The summed E-state index contributed by atoms with van der Waals surface area (Å²) in [6, 6.07) is 9.78. The van der Waals surface area contributed by atoms with Gasteiger partial charge in [-0.3, -0.25) is 4.79 Å². The van der Waals surface area contributed by atoms with Crippen molar-refractivity contribution in [1.82, 2.24) is 5.32 Å². The van der Waals surface area contributed by atoms with E-state index in [0.717, 1.165) is 12.1 Å². The second-order valence-electron chi connectivity index (χ2n) is 4.31. The van der Waals surface area contributed by atoms with Gasteiger partial charge in [0.2, 0.25) is 0 Å². The third-order valence-electron chi connectivity index (χ3n) is 2.91. The first-order chi connectivity index (χ1) is 9.50. The zero-order valence-corrected chi connectivity index (χ0v) is 11.4. The molecule has 0 bridgehead atoms. The summed E-state index contributed by atoms with van der Waals surface area (Å²) in [7, 11) is 0. The lowest BCUT2D eigenvalue weighted by atomic mass is 10.1. The Morgan fingerprint density at radius 3 is 2.30 bits per heavy atom. The number of nitrogens with one attached hydrogen (secondary N) is 1. The van der Waals surface area contributed by atoms with Crippen molar-refractivity contribution in [2.75, 3.05) is 0 Å². The molecule has 2 rings (SSSR count). The van der Waals surface area contributed by atoms with E-state index in [1.54, 1.807) is 31.2 Å². The van der Waals surface area contributed by atoms with Crippen LogP contribution in [-0.4, -0.2) is 5.91 Å². The highest BCUT2D eigenvalue weighted by atomic mass is 35.5. The van der Waals surface area contributed by atoms with Crippen LogP contribution >= 0.6 is 11.6 Å². The van der Waals surface area contributed by atoms with Crippen LogP contribution in [0.5, 0.6) is 0 Å². The third kappa shape index (κ3) is 2.96. The predicted molar refractivity (Wildman–Crippen MR) is 73.7 cm³/mol. The van der Waals surface area contributed by atoms with Crippen molar-refractivity contribution in [1.29, 1.82) is 0 Å². The molecule has 0 saturated heterocycles. The van der Waals surface area contributed by atoms with E-state index in [0.29, 0.717) is 10.6 Å². The van der Waals surface area contributed by atoms with E-state index in [4.69, 9.17) is 11.6 Å². The fourth-order valence-corrected chi connectivity index (χ4v) is 2.19. The van der Waals surface area contributed by atoms with E-state index in [1.807, 2.05) is 0 Å². The molecule has 20 heavy (non-hydrogen) atoms. The second-order valence-corrected chi connectivity index (χ2v) is 4.72. The van der Waals surface area contributed by atoms with Gasteiger partial charge in [0.25, 0.3) is 5.91 Å². The summed E-state index contributed by atoms with van der Waals surface area (Å²) in [6.07, 6.45) is 0. The molecule has 0 aliphatic rings. The predicted octanol–water partition coefficient (Wildman–Crippen LogP) is 4.11. The fourth-order valence-electron chi connectivity index (χ4n) is 1.89. The van der Waals surface area contributed by atoms with Gasteiger partial charge in [-0.1, -0.05) is 35.9 Å². The standard InChI is InChI=1S/C15H12ClF2NO/c1-9(10-5-2-3-6-11(10)16)19-15(20)14-12(17)7-4-8-13(14)18/h2-9H,1H3,(H,19,20). The van der Waals surface area contributed by atoms with Crippen LogP contribution in [0.15, 0.2) is 42.5 Å². The molecule has 1 atom stereocenters. The summed E-state index contributed by atoms with van der Waals surface area (Å²) in [5.74, 6) is -2.60. The van der Waals surface area contributed by atoms with Crippen molar-refractivity contribution in [2.45, 2.75) is 13.0 Å². The van der Waals surface area contributed by atoms with Crippen molar-refractivity contribution >= 4 is 17.5 Å². The molecule has 0 aromatic heterocycles. The van der Waals surface area contributed by atoms with Gasteiger partial charge in [-0.15, -0.1) is 0 Å². The average molecular weight is 296 g/mol. The number of hydrogen-bond acceptors (Lipinski definition) is 1. The maximum absolute atomic E-state index is 13.5. The van der Waals surface area contributed by atoms with E-state index < -0.39 is 29.1 Å². The maximum Gasteiger partial charge on any atom is 0.257 e. The molecular weight excluding hydrogens is 284 g/mol. The molecule has 0 spiro atoms. The monoisotopic (exact) mass is 295 g/mol. The van der Waals surface area contributed by atoms with E-state index in [1.165, 1.54) is 6.07 Å². The summed E-state index contributed by atoms with van der Waals surface area (Å²) >= 11 is 6.01. The molecular formula is C15H12ClF2NO. The van der Waals surface area contributed by atoms with Crippen LogP contribution in [0.3, 0.4) is 0 Å². The zero-order chi connectivity index (χ0) is 14.7. The summed E-state index contributed by atoms with van der Waals surface area (Å²) in [4.78, 5) is 11.9. The molecule has 0 aliphatic carbocycles. The number of benzene rings is 2. The van der Waals surface area contributed by atoms with E-state index in [9.17, 15) is 13.6 Å². The van der Waals surface area contributed by atoms with Gasteiger partial charge in [-0.05, 0) is 30.7 Å². The minimum Gasteiger partial charge on any atom is -0.345 e. The van der Waals surface area contributed by atoms with Gasteiger partial charge >= 0.3 is 0 Å². The van der Waals surface area contributed by atoms with Crippen molar-refractivity contribution in [2.24, 2.45) is 0 Å². The highest BCUT2D eigenvalue weighted by Gasteiger charge is 2.19. The minimum atomic E-state index is -0.895. The number of carbonyl (C=O) groups excluding carboxylic acids is 1. The Labute approximate surface area is 120 Å². The van der Waals surface area contributed by atoms with Crippen LogP contribution < -0.4 is 5.32 Å². The van der Waals surface area contributed by atoms with Crippen LogP contribution in [0.25, 0.3) is 0 Å². The quantitative estimate of drug-likeness (QED) is 0.907. The van der Waals surface area contributed by atoms with Gasteiger partial charge in [-0.25, -0.2) is 8.78 Å². The second kappa shape index (κ2) is 6.01. The van der Waals surface area contributed by atoms with Gasteiger partial charge < -0.3 is 5.32 Å². The lowest BCUT2D eigenvalue weighted by Crippen LogP contribution is -2.28. The number of hydrogen-bond donors (Lipinski definition) is 1. The van der Waals surface area contributed by atoms with Gasteiger partial charge in [0.05, 0.1) is 6.04 Å². The van der Waals surface area contributed by atoms with E-state index in [-0.39, 0.29) is 0 Å². The van der Waals surface area contributed by atoms with Crippen LogP contribution in [0, 0.1) is 11.6 Å². The molecule has 0 saturated carbocycles. The van der Waals surface area contributed by atoms with Crippen molar-refractivity contribution in [3.8, 4) is 0 Å². The third-order valence-corrected chi connectivity index (χ3v) is 3.25. The van der Waals surface area contributed by atoms with Crippen LogP contribution in [0.2, 0.25) is 5.02 Å². The van der Waals surface area contributed by atoms with E-state index in [2.05, 4.69) is 5.32 Å². The van der Waals surface area contributed by atoms with Gasteiger partial charge in [0.15, 0.2) is 0 Å². The first-order valence-electron chi connectivity index (χ1n) is 6.00. The molecule has 0 radical (unpaired) electrons. The summed E-state index contributed by atoms with van der Waals surface area (Å²) in [5.41, 5.74) is 0.0886. The molecule has 104 valence electrons. The molecule has 5 heteroatoms. The van der Waals surface area contributed by atoms with E-state index >= 15 is 0 Å². The lowest BCUT2D eigenvalue weighted by molar-refractivity contribution is 0.0931. The molecule has 0 heterocycles. The lowest BCUT2D eigenvalue weighted by Gasteiger charge is -2.16. The van der Waals surface area contributed by atoms with Crippen LogP contribution in [0.1, 0.15) is 28.9 Å². The van der Waals surface area contributed by atoms with Crippen LogP contribution in [0.4, 0.5) is 8.78 Å². The molecule has 1 unspecified atom stereocenters. The minimum absolute atomic E-state index is 0.463. The Morgan fingerprint density at radius 1 is 1.10 bits per heavy atom. The van der Waals surface area contributed by atoms with Crippen LogP contribution in [-0.2, 0) is 0 Å². The van der Waals surface area contributed by atoms with Gasteiger partial charge in [-0.2, -0.15) is 0 Å². The number of carbonyl (C=O) groups is 1. The molecule has 1 amide bonds. The Bertz CT molecular complexity index is 625. The maximum atomic E-state index is 13.5. The highest BCUT2D eigenvalue weighted by molar-refractivity contribution is 6.31. The Morgan fingerprint density at radius 2 is 1.70 bits per heavy atom. The smallest absolute Gasteiger partial charge is 0.257 e. The molecule has 1 N–H and O–H groups in total. The van der Waals surface area contributed by atoms with Crippen molar-refractivity contribution in [3.05, 3.63) is 70.2 Å². The topological polar surface area (TPSA) is 29.1 Å². The Kier molecular flexibility index (Phi) is 4.35. The Balaban J connectivity index is 2.22. The normalized spacial score (nSPS) is 12.0. The molecule has 0 aliphatic heterocycles. The SMILES string of the molecule is CC(NC(=O)c1c(F)cccc1F)c1ccccc1Cl. The molecule has 2 nitrogen and oxygen atoms in total. The zero-order valence-electron chi connectivity index (χ0n) is 10.7. The number of amides is 1. The van der Waals surface area contributed by atoms with Gasteiger partial charge in [0.1, 0.15) is 17.2 Å². The summed E-state index contributed by atoms with van der Waals surface area (Å²) in [5, 5.41) is 3.01. The Hall–Kier alpha value is -1.94. The molecule has 2 aromatic carbocycles. The molecule has 0 fully saturated rings. The van der Waals surface area contributed by atoms with Crippen molar-refractivity contribution in [3.63, 3.8) is 0 Å². The van der Waals surface area contributed by atoms with Crippen molar-refractivity contribution < 1.29 is 13.6 Å². The number of halogens is 3. The van der Waals surface area contributed by atoms with Gasteiger partial charge in [0, 0.05) is 5.02 Å². The highest BCUT2D eigenvalue weighted by Crippen LogP contribution is 2.23. The average Bonchev–Trinajstić information content (AvgIpc) is 2.38. The summed E-state index contributed by atoms with van der Waals surface area (Å²) in [6.45, 7) is 1.69. The fraction of sp³-hybridized carbons (Fsp3) is 0.133. The number of rotatable bonds is 3. The first-order valence-corrected chi connectivity index (χ1v) is 6.38.